The molecular weight excluding hydrogens is 254 g/mol. The van der Waals surface area contributed by atoms with Crippen LogP contribution < -0.4 is 10.1 Å². The molecule has 1 aromatic carbocycles. The minimum absolute atomic E-state index is 0.114. The molecule has 0 aromatic heterocycles. The molecule has 0 saturated heterocycles. The number of nitrogens with one attached hydrogen (secondary N) is 1. The summed E-state index contributed by atoms with van der Waals surface area (Å²) in [6.07, 6.45) is 2.26. The fourth-order valence-electron chi connectivity index (χ4n) is 1.81. The molecule has 0 saturated carbocycles. The standard InChI is InChI=1S/C16H25NO3/c1-3-19-16(18)9-5-10-17-11-6-12-20-15-8-4-7-14(2)13-15/h4,7-8,13,17H,3,5-6,9-12H2,1-2H3. The molecule has 1 aromatic rings. The zero-order valence-corrected chi connectivity index (χ0v) is 12.5. The maximum Gasteiger partial charge on any atom is 0.305 e. The van der Waals surface area contributed by atoms with Crippen molar-refractivity contribution in [2.24, 2.45) is 0 Å². The number of carbonyl (C=O) groups is 1. The molecule has 20 heavy (non-hydrogen) atoms. The van der Waals surface area contributed by atoms with Crippen LogP contribution in [0.1, 0.15) is 31.7 Å². The van der Waals surface area contributed by atoms with E-state index < -0.39 is 0 Å². The summed E-state index contributed by atoms with van der Waals surface area (Å²) < 4.78 is 10.5. The van der Waals surface area contributed by atoms with E-state index in [1.807, 2.05) is 25.1 Å². The molecule has 0 bridgehead atoms. The molecule has 4 heteroatoms. The van der Waals surface area contributed by atoms with E-state index in [-0.39, 0.29) is 5.97 Å². The van der Waals surface area contributed by atoms with E-state index >= 15 is 0 Å². The topological polar surface area (TPSA) is 47.6 Å². The lowest BCUT2D eigenvalue weighted by atomic mass is 10.2. The summed E-state index contributed by atoms with van der Waals surface area (Å²) in [7, 11) is 0. The van der Waals surface area contributed by atoms with Gasteiger partial charge in [-0.3, -0.25) is 4.79 Å². The van der Waals surface area contributed by atoms with Gasteiger partial charge in [0.25, 0.3) is 0 Å². The van der Waals surface area contributed by atoms with Crippen molar-refractivity contribution >= 4 is 5.97 Å². The van der Waals surface area contributed by atoms with Crippen LogP contribution in [0.5, 0.6) is 5.75 Å². The third-order valence-corrected chi connectivity index (χ3v) is 2.80. The molecule has 0 aliphatic rings. The van der Waals surface area contributed by atoms with Crippen LogP contribution in [-0.2, 0) is 9.53 Å². The van der Waals surface area contributed by atoms with Gasteiger partial charge in [0, 0.05) is 6.42 Å². The smallest absolute Gasteiger partial charge is 0.305 e. The molecule has 4 nitrogen and oxygen atoms in total. The Morgan fingerprint density at radius 3 is 2.80 bits per heavy atom. The first-order valence-electron chi connectivity index (χ1n) is 7.28. The first-order chi connectivity index (χ1) is 9.72. The highest BCUT2D eigenvalue weighted by molar-refractivity contribution is 5.69. The summed E-state index contributed by atoms with van der Waals surface area (Å²) in [5.74, 6) is 0.810. The molecule has 112 valence electrons. The Hall–Kier alpha value is -1.55. The monoisotopic (exact) mass is 279 g/mol. The van der Waals surface area contributed by atoms with Crippen molar-refractivity contribution in [2.75, 3.05) is 26.3 Å². The normalized spacial score (nSPS) is 10.3. The second-order valence-corrected chi connectivity index (χ2v) is 4.68. The van der Waals surface area contributed by atoms with Gasteiger partial charge in [0.15, 0.2) is 0 Å². The van der Waals surface area contributed by atoms with Crippen LogP contribution in [0.2, 0.25) is 0 Å². The fourth-order valence-corrected chi connectivity index (χ4v) is 1.81. The van der Waals surface area contributed by atoms with Crippen LogP contribution in [0.4, 0.5) is 0 Å². The summed E-state index contributed by atoms with van der Waals surface area (Å²) in [5, 5.41) is 3.29. The first-order valence-corrected chi connectivity index (χ1v) is 7.28. The highest BCUT2D eigenvalue weighted by atomic mass is 16.5. The van der Waals surface area contributed by atoms with E-state index in [0.717, 1.165) is 31.7 Å². The molecule has 0 atom stereocenters. The largest absolute Gasteiger partial charge is 0.494 e. The van der Waals surface area contributed by atoms with Crippen molar-refractivity contribution in [3.8, 4) is 5.75 Å². The molecule has 0 fully saturated rings. The van der Waals surface area contributed by atoms with Crippen molar-refractivity contribution < 1.29 is 14.3 Å². The van der Waals surface area contributed by atoms with Gasteiger partial charge in [-0.15, -0.1) is 0 Å². The van der Waals surface area contributed by atoms with E-state index in [0.29, 0.717) is 19.6 Å². The van der Waals surface area contributed by atoms with Gasteiger partial charge in [0.05, 0.1) is 13.2 Å². The van der Waals surface area contributed by atoms with E-state index in [4.69, 9.17) is 9.47 Å². The van der Waals surface area contributed by atoms with Crippen LogP contribution in [0.15, 0.2) is 24.3 Å². The van der Waals surface area contributed by atoms with Crippen molar-refractivity contribution in [2.45, 2.75) is 33.1 Å². The Morgan fingerprint density at radius 2 is 2.05 bits per heavy atom. The van der Waals surface area contributed by atoms with Crippen LogP contribution in [0.25, 0.3) is 0 Å². The van der Waals surface area contributed by atoms with Gasteiger partial charge in [-0.05, 0) is 57.5 Å². The first kappa shape index (κ1) is 16.5. The minimum atomic E-state index is -0.114. The summed E-state index contributed by atoms with van der Waals surface area (Å²) in [4.78, 5) is 11.1. The Balaban J connectivity index is 1.94. The SMILES string of the molecule is CCOC(=O)CCCNCCCOc1cccc(C)c1. The Bertz CT molecular complexity index is 393. The Labute approximate surface area is 121 Å². The lowest BCUT2D eigenvalue weighted by molar-refractivity contribution is -0.143. The van der Waals surface area contributed by atoms with Gasteiger partial charge in [-0.25, -0.2) is 0 Å². The average molecular weight is 279 g/mol. The van der Waals surface area contributed by atoms with E-state index in [9.17, 15) is 4.79 Å². The predicted octanol–water partition coefficient (Wildman–Crippen LogP) is 2.70. The Morgan fingerprint density at radius 1 is 1.25 bits per heavy atom. The molecule has 1 N–H and O–H groups in total. The third-order valence-electron chi connectivity index (χ3n) is 2.80. The lowest BCUT2D eigenvalue weighted by Crippen LogP contribution is -2.19. The number of aryl methyl sites for hydroxylation is 1. The van der Waals surface area contributed by atoms with Crippen LogP contribution in [0, 0.1) is 6.92 Å². The number of hydrogen-bond acceptors (Lipinski definition) is 4. The zero-order valence-electron chi connectivity index (χ0n) is 12.5. The number of carbonyl (C=O) groups excluding carboxylic acids is 1. The predicted molar refractivity (Wildman–Crippen MR) is 80.0 cm³/mol. The van der Waals surface area contributed by atoms with Crippen LogP contribution >= 0.6 is 0 Å². The third kappa shape index (κ3) is 7.79. The minimum Gasteiger partial charge on any atom is -0.494 e. The molecule has 0 amide bonds. The maximum absolute atomic E-state index is 11.1. The molecule has 0 heterocycles. The second-order valence-electron chi connectivity index (χ2n) is 4.68. The van der Waals surface area contributed by atoms with Crippen LogP contribution in [-0.4, -0.2) is 32.3 Å². The zero-order chi connectivity index (χ0) is 14.6. The summed E-state index contributed by atoms with van der Waals surface area (Å²) in [6, 6.07) is 8.06. The van der Waals surface area contributed by atoms with Gasteiger partial charge < -0.3 is 14.8 Å². The second kappa shape index (κ2) is 10.3. The molecule has 0 aliphatic carbocycles. The van der Waals surface area contributed by atoms with E-state index in [1.165, 1.54) is 5.56 Å². The summed E-state index contributed by atoms with van der Waals surface area (Å²) in [5.41, 5.74) is 1.21. The van der Waals surface area contributed by atoms with Crippen molar-refractivity contribution in [3.63, 3.8) is 0 Å². The Kier molecular flexibility index (Phi) is 8.47. The molecule has 0 unspecified atom stereocenters. The average Bonchev–Trinajstić information content (AvgIpc) is 2.42. The van der Waals surface area contributed by atoms with Crippen molar-refractivity contribution in [3.05, 3.63) is 29.8 Å². The molecule has 0 aliphatic heterocycles. The molecule has 1 rings (SSSR count). The number of ether oxygens (including phenoxy) is 2. The number of esters is 1. The number of hydrogen-bond donors (Lipinski definition) is 1. The summed E-state index contributed by atoms with van der Waals surface area (Å²) in [6.45, 7) is 6.77. The highest BCUT2D eigenvalue weighted by Gasteiger charge is 2.00. The van der Waals surface area contributed by atoms with E-state index in [1.54, 1.807) is 0 Å². The van der Waals surface area contributed by atoms with Crippen molar-refractivity contribution in [1.82, 2.24) is 5.32 Å². The van der Waals surface area contributed by atoms with Gasteiger partial charge in [0.2, 0.25) is 0 Å². The van der Waals surface area contributed by atoms with Crippen LogP contribution in [0.3, 0.4) is 0 Å². The van der Waals surface area contributed by atoms with Crippen molar-refractivity contribution in [1.29, 1.82) is 0 Å². The highest BCUT2D eigenvalue weighted by Crippen LogP contribution is 2.12. The van der Waals surface area contributed by atoms with Gasteiger partial charge in [0.1, 0.15) is 5.75 Å². The van der Waals surface area contributed by atoms with Gasteiger partial charge >= 0.3 is 5.97 Å². The number of rotatable bonds is 10. The summed E-state index contributed by atoms with van der Waals surface area (Å²) >= 11 is 0. The van der Waals surface area contributed by atoms with Gasteiger partial charge in [-0.1, -0.05) is 12.1 Å². The molecule has 0 radical (unpaired) electrons. The fraction of sp³-hybridized carbons (Fsp3) is 0.562. The van der Waals surface area contributed by atoms with Gasteiger partial charge in [-0.2, -0.15) is 0 Å². The molecule has 0 spiro atoms. The lowest BCUT2D eigenvalue weighted by Gasteiger charge is -2.07. The van der Waals surface area contributed by atoms with E-state index in [2.05, 4.69) is 18.3 Å². The molecular formula is C16H25NO3. The quantitative estimate of drug-likeness (QED) is 0.528. The maximum atomic E-state index is 11.1. The number of benzene rings is 1.